The maximum Gasteiger partial charge on any atom is 0.247 e. The number of benzene rings is 2. The minimum Gasteiger partial charge on any atom is -0.467 e. The van der Waals surface area contributed by atoms with Crippen molar-refractivity contribution in [3.8, 4) is 0 Å². The second-order valence-corrected chi connectivity index (χ2v) is 11.5. The van der Waals surface area contributed by atoms with Gasteiger partial charge < -0.3 is 4.42 Å². The van der Waals surface area contributed by atoms with Gasteiger partial charge >= 0.3 is 0 Å². The van der Waals surface area contributed by atoms with Gasteiger partial charge in [0.05, 0.1) is 27.9 Å². The van der Waals surface area contributed by atoms with Gasteiger partial charge in [-0.3, -0.25) is 9.69 Å². The van der Waals surface area contributed by atoms with E-state index in [1.54, 1.807) is 47.6 Å². The third kappa shape index (κ3) is 4.26. The van der Waals surface area contributed by atoms with Gasteiger partial charge in [-0.25, -0.2) is 13.4 Å². The van der Waals surface area contributed by atoms with Crippen molar-refractivity contribution in [1.29, 1.82) is 0 Å². The SMILES string of the molecule is Cc1ccc(S(=O)(=O)N2CCCC2C(=O)N(Cc2ccco2)c2nc3ccc(C)cc3s2)cc1. The van der Waals surface area contributed by atoms with Crippen molar-refractivity contribution in [2.45, 2.75) is 44.2 Å². The molecule has 2 aromatic heterocycles. The van der Waals surface area contributed by atoms with Crippen LogP contribution in [0.3, 0.4) is 0 Å². The minimum absolute atomic E-state index is 0.180. The first kappa shape index (κ1) is 22.8. The van der Waals surface area contributed by atoms with Crippen LogP contribution < -0.4 is 4.90 Å². The highest BCUT2D eigenvalue weighted by Crippen LogP contribution is 2.34. The van der Waals surface area contributed by atoms with Gasteiger partial charge in [-0.2, -0.15) is 4.31 Å². The minimum atomic E-state index is -3.81. The maximum absolute atomic E-state index is 13.9. The topological polar surface area (TPSA) is 83.7 Å². The average molecular weight is 496 g/mol. The van der Waals surface area contributed by atoms with Crippen molar-refractivity contribution in [1.82, 2.24) is 9.29 Å². The molecule has 176 valence electrons. The summed E-state index contributed by atoms with van der Waals surface area (Å²) in [5.41, 5.74) is 2.89. The van der Waals surface area contributed by atoms with E-state index in [0.717, 1.165) is 21.3 Å². The predicted octanol–water partition coefficient (Wildman–Crippen LogP) is 4.89. The number of hydrogen-bond acceptors (Lipinski definition) is 6. The van der Waals surface area contributed by atoms with Crippen LogP contribution in [0.25, 0.3) is 10.2 Å². The van der Waals surface area contributed by atoms with E-state index in [4.69, 9.17) is 9.40 Å². The van der Waals surface area contributed by atoms with Crippen LogP contribution in [0.2, 0.25) is 0 Å². The number of thiazole rings is 1. The maximum atomic E-state index is 13.9. The van der Waals surface area contributed by atoms with Gasteiger partial charge in [-0.05, 0) is 68.7 Å². The molecule has 2 aromatic carbocycles. The number of rotatable bonds is 6. The summed E-state index contributed by atoms with van der Waals surface area (Å²) >= 11 is 1.42. The Morgan fingerprint density at radius 1 is 1.15 bits per heavy atom. The smallest absolute Gasteiger partial charge is 0.247 e. The van der Waals surface area contributed by atoms with E-state index in [1.165, 1.54) is 15.6 Å². The predicted molar refractivity (Wildman–Crippen MR) is 132 cm³/mol. The summed E-state index contributed by atoms with van der Waals surface area (Å²) in [4.78, 5) is 20.4. The van der Waals surface area contributed by atoms with E-state index in [-0.39, 0.29) is 17.3 Å². The number of aromatic nitrogens is 1. The highest BCUT2D eigenvalue weighted by Gasteiger charge is 2.42. The Morgan fingerprint density at radius 3 is 2.65 bits per heavy atom. The number of aryl methyl sites for hydroxylation is 2. The number of carbonyl (C=O) groups excluding carboxylic acids is 1. The fraction of sp³-hybridized carbons (Fsp3) is 0.280. The van der Waals surface area contributed by atoms with Crippen molar-refractivity contribution in [3.63, 3.8) is 0 Å². The second kappa shape index (κ2) is 8.98. The standard InChI is InChI=1S/C25H25N3O4S2/c1-17-7-10-20(11-8-17)34(30,31)28-13-3-6-22(28)24(29)27(16-19-5-4-14-32-19)25-26-21-12-9-18(2)15-23(21)33-25/h4-5,7-12,14-15,22H,3,6,13,16H2,1-2H3. The molecule has 0 spiro atoms. The third-order valence-electron chi connectivity index (χ3n) is 6.04. The quantitative estimate of drug-likeness (QED) is 0.380. The number of hydrogen-bond donors (Lipinski definition) is 0. The van der Waals surface area contributed by atoms with Crippen LogP contribution in [0.5, 0.6) is 0 Å². The summed E-state index contributed by atoms with van der Waals surface area (Å²) < 4.78 is 34.7. The molecule has 34 heavy (non-hydrogen) atoms. The van der Waals surface area contributed by atoms with Crippen LogP contribution in [0.15, 0.2) is 70.2 Å². The lowest BCUT2D eigenvalue weighted by molar-refractivity contribution is -0.121. The lowest BCUT2D eigenvalue weighted by atomic mass is 10.2. The van der Waals surface area contributed by atoms with Crippen molar-refractivity contribution in [2.75, 3.05) is 11.4 Å². The number of sulfonamides is 1. The van der Waals surface area contributed by atoms with Gasteiger partial charge in [-0.15, -0.1) is 0 Å². The van der Waals surface area contributed by atoms with Crippen LogP contribution in [0, 0.1) is 13.8 Å². The molecule has 0 N–H and O–H groups in total. The van der Waals surface area contributed by atoms with Crippen LogP contribution in [-0.2, 0) is 21.4 Å². The summed E-state index contributed by atoms with van der Waals surface area (Å²) in [5.74, 6) is 0.315. The van der Waals surface area contributed by atoms with Crippen LogP contribution in [-0.4, -0.2) is 36.2 Å². The van der Waals surface area contributed by atoms with Gasteiger partial charge in [0.1, 0.15) is 11.8 Å². The Labute approximate surface area is 202 Å². The molecule has 0 bridgehead atoms. The number of fused-ring (bicyclic) bond motifs is 1. The Morgan fingerprint density at radius 2 is 1.91 bits per heavy atom. The van der Waals surface area contributed by atoms with Crippen molar-refractivity contribution < 1.29 is 17.6 Å². The highest BCUT2D eigenvalue weighted by atomic mass is 32.2. The first-order valence-electron chi connectivity index (χ1n) is 11.1. The summed E-state index contributed by atoms with van der Waals surface area (Å²) in [6.45, 7) is 4.40. The van der Waals surface area contributed by atoms with Crippen molar-refractivity contribution >= 4 is 42.6 Å². The van der Waals surface area contributed by atoms with Crippen molar-refractivity contribution in [3.05, 3.63) is 77.7 Å². The molecule has 0 aliphatic carbocycles. The monoisotopic (exact) mass is 495 g/mol. The molecule has 1 fully saturated rings. The van der Waals surface area contributed by atoms with E-state index in [0.29, 0.717) is 30.3 Å². The summed E-state index contributed by atoms with van der Waals surface area (Å²) in [6, 6.07) is 15.5. The molecule has 1 saturated heterocycles. The zero-order chi connectivity index (χ0) is 23.9. The van der Waals surface area contributed by atoms with Gasteiger partial charge in [0, 0.05) is 6.54 Å². The molecule has 0 radical (unpaired) electrons. The van der Waals surface area contributed by atoms with Crippen LogP contribution in [0.1, 0.15) is 29.7 Å². The largest absolute Gasteiger partial charge is 0.467 e. The molecule has 1 aliphatic rings. The molecule has 1 unspecified atom stereocenters. The molecular formula is C25H25N3O4S2. The van der Waals surface area contributed by atoms with Crippen LogP contribution >= 0.6 is 11.3 Å². The third-order valence-corrected chi connectivity index (χ3v) is 9.00. The molecule has 9 heteroatoms. The second-order valence-electron chi connectivity index (χ2n) is 8.56. The fourth-order valence-corrected chi connectivity index (χ4v) is 6.95. The first-order chi connectivity index (χ1) is 16.3. The molecule has 1 atom stereocenters. The lowest BCUT2D eigenvalue weighted by Crippen LogP contribution is -2.47. The van der Waals surface area contributed by atoms with Gasteiger partial charge in [-0.1, -0.05) is 35.1 Å². The molecular weight excluding hydrogens is 470 g/mol. The van der Waals surface area contributed by atoms with E-state index in [9.17, 15) is 13.2 Å². The summed E-state index contributed by atoms with van der Waals surface area (Å²) in [7, 11) is -3.81. The molecule has 0 saturated carbocycles. The molecule has 5 rings (SSSR count). The fourth-order valence-electron chi connectivity index (χ4n) is 4.23. The van der Waals surface area contributed by atoms with E-state index >= 15 is 0 Å². The van der Waals surface area contributed by atoms with Crippen LogP contribution in [0.4, 0.5) is 5.13 Å². The van der Waals surface area contributed by atoms with Gasteiger partial charge in [0.2, 0.25) is 15.9 Å². The number of amides is 1. The number of nitrogens with zero attached hydrogens (tertiary/aromatic N) is 3. The first-order valence-corrected chi connectivity index (χ1v) is 13.4. The number of carbonyl (C=O) groups is 1. The van der Waals surface area contributed by atoms with E-state index in [2.05, 4.69) is 0 Å². The molecule has 3 heterocycles. The molecule has 4 aromatic rings. The molecule has 7 nitrogen and oxygen atoms in total. The highest BCUT2D eigenvalue weighted by molar-refractivity contribution is 7.89. The average Bonchev–Trinajstić information content (AvgIpc) is 3.57. The number of furan rings is 1. The van der Waals surface area contributed by atoms with Gasteiger partial charge in [0.15, 0.2) is 5.13 Å². The zero-order valence-corrected chi connectivity index (χ0v) is 20.6. The number of anilines is 1. The zero-order valence-electron chi connectivity index (χ0n) is 19.0. The van der Waals surface area contributed by atoms with E-state index in [1.807, 2.05) is 32.0 Å². The summed E-state index contributed by atoms with van der Waals surface area (Å²) in [6.07, 6.45) is 2.64. The van der Waals surface area contributed by atoms with E-state index < -0.39 is 16.1 Å². The molecule has 1 aliphatic heterocycles. The normalized spacial score (nSPS) is 16.8. The Bertz CT molecular complexity index is 1430. The summed E-state index contributed by atoms with van der Waals surface area (Å²) in [5, 5.41) is 0.529. The Balaban J connectivity index is 1.51. The Kier molecular flexibility index (Phi) is 6.01. The van der Waals surface area contributed by atoms with Gasteiger partial charge in [0.25, 0.3) is 0 Å². The lowest BCUT2D eigenvalue weighted by Gasteiger charge is -2.28. The Hall–Kier alpha value is -3.01. The molecule has 1 amide bonds. The van der Waals surface area contributed by atoms with Crippen molar-refractivity contribution in [2.24, 2.45) is 0 Å².